The molecule has 1 amide bonds. The molecule has 310 valence electrons. The third-order valence-electron chi connectivity index (χ3n) is 13.3. The summed E-state index contributed by atoms with van der Waals surface area (Å²) in [6.07, 6.45) is 13.7. The molecule has 9 rings (SSSR count). The number of pyridine rings is 2. The standard InChI is InChI=1S/C45H55N9O4S/c1-28(2)35-6-3-4-7-36(35)40-8-5-15-54(40)32-23-45(24-32)12-16-53(17-13-45)42-22-41(58-33-20-30-11-14-48-43(30)51-26-33)37(27-50-42)44(55)52-59(56,57)34-9-10-39(38(47)21-34)49-25-29-18-31(46)19-29/h3-4,6-7,9-11,14,20-22,26-29,31-32,40,49H,5,8,12-13,15-19,23-25,46-47H2,1-2H3,(H,48,51)(H,52,55)/t29-,31-,40-/m0/s1. The van der Waals surface area contributed by atoms with E-state index in [-0.39, 0.29) is 27.9 Å². The van der Waals surface area contributed by atoms with Crippen LogP contribution in [-0.4, -0.2) is 72.4 Å². The van der Waals surface area contributed by atoms with Gasteiger partial charge in [-0.05, 0) is 117 Å². The van der Waals surface area contributed by atoms with Crippen LogP contribution >= 0.6 is 0 Å². The number of ether oxygens (including phenoxy) is 1. The molecule has 0 bridgehead atoms. The van der Waals surface area contributed by atoms with Gasteiger partial charge in [0.1, 0.15) is 28.5 Å². The number of hydrogen-bond acceptors (Lipinski definition) is 11. The number of anilines is 3. The first-order valence-corrected chi connectivity index (χ1v) is 22.6. The fourth-order valence-electron chi connectivity index (χ4n) is 9.96. The minimum absolute atomic E-state index is 0.0222. The highest BCUT2D eigenvalue weighted by Gasteiger charge is 2.50. The van der Waals surface area contributed by atoms with E-state index in [2.05, 4.69) is 67.9 Å². The minimum atomic E-state index is -4.30. The average Bonchev–Trinajstić information content (AvgIpc) is 3.88. The number of aromatic amines is 1. The number of hydrogen-bond donors (Lipinski definition) is 5. The second-order valence-electron chi connectivity index (χ2n) is 17.6. The summed E-state index contributed by atoms with van der Waals surface area (Å²) in [4.78, 5) is 31.0. The van der Waals surface area contributed by atoms with Crippen LogP contribution in [0.5, 0.6) is 11.5 Å². The number of benzene rings is 2. The van der Waals surface area contributed by atoms with Crippen LogP contribution in [-0.2, 0) is 10.0 Å². The van der Waals surface area contributed by atoms with Crippen molar-refractivity contribution in [3.05, 3.63) is 95.9 Å². The van der Waals surface area contributed by atoms with Crippen LogP contribution in [0.2, 0.25) is 0 Å². The van der Waals surface area contributed by atoms with Gasteiger partial charge >= 0.3 is 0 Å². The summed E-state index contributed by atoms with van der Waals surface area (Å²) in [6, 6.07) is 20.2. The molecule has 2 saturated carbocycles. The molecule has 2 saturated heterocycles. The van der Waals surface area contributed by atoms with E-state index in [1.807, 2.05) is 12.1 Å². The van der Waals surface area contributed by atoms with E-state index < -0.39 is 15.9 Å². The molecule has 59 heavy (non-hydrogen) atoms. The molecule has 3 aromatic heterocycles. The molecular formula is C45H55N9O4S. The van der Waals surface area contributed by atoms with Crippen LogP contribution in [0.3, 0.4) is 0 Å². The van der Waals surface area contributed by atoms with Crippen molar-refractivity contribution in [3.63, 3.8) is 0 Å². The maximum absolute atomic E-state index is 13.8. The van der Waals surface area contributed by atoms with Gasteiger partial charge in [0.2, 0.25) is 0 Å². The number of sulfonamides is 1. The van der Waals surface area contributed by atoms with Gasteiger partial charge in [0.15, 0.2) is 0 Å². The molecule has 5 aromatic rings. The monoisotopic (exact) mass is 817 g/mol. The van der Waals surface area contributed by atoms with Gasteiger partial charge in [-0.1, -0.05) is 38.1 Å². The van der Waals surface area contributed by atoms with Crippen LogP contribution < -0.4 is 31.1 Å². The van der Waals surface area contributed by atoms with Gasteiger partial charge in [-0.15, -0.1) is 0 Å². The lowest BCUT2D eigenvalue weighted by molar-refractivity contribution is -0.0228. The first kappa shape index (κ1) is 39.3. The number of nitrogens with two attached hydrogens (primary N) is 2. The molecule has 2 aromatic carbocycles. The predicted molar refractivity (Wildman–Crippen MR) is 231 cm³/mol. The summed E-state index contributed by atoms with van der Waals surface area (Å²) in [5, 5.41) is 4.12. The molecule has 0 radical (unpaired) electrons. The fraction of sp³-hybridized carbons (Fsp3) is 0.444. The Morgan fingerprint density at radius 2 is 1.81 bits per heavy atom. The lowest BCUT2D eigenvalue weighted by atomic mass is 9.60. The van der Waals surface area contributed by atoms with E-state index in [1.165, 1.54) is 61.7 Å². The van der Waals surface area contributed by atoms with E-state index in [9.17, 15) is 13.2 Å². The van der Waals surface area contributed by atoms with Crippen molar-refractivity contribution in [3.8, 4) is 11.5 Å². The third kappa shape index (κ3) is 7.97. The highest BCUT2D eigenvalue weighted by Crippen LogP contribution is 2.54. The maximum Gasteiger partial charge on any atom is 0.270 e. The van der Waals surface area contributed by atoms with Crippen LogP contribution in [0.25, 0.3) is 11.0 Å². The van der Waals surface area contributed by atoms with Crippen molar-refractivity contribution in [2.24, 2.45) is 17.1 Å². The van der Waals surface area contributed by atoms with Crippen molar-refractivity contribution in [1.82, 2.24) is 24.6 Å². The number of H-pyrrole nitrogens is 1. The minimum Gasteiger partial charge on any atom is -0.455 e. The van der Waals surface area contributed by atoms with E-state index in [1.54, 1.807) is 24.5 Å². The number of amides is 1. The van der Waals surface area contributed by atoms with Crippen molar-refractivity contribution < 1.29 is 17.9 Å². The van der Waals surface area contributed by atoms with Crippen molar-refractivity contribution in [2.45, 2.75) is 94.2 Å². The molecule has 2 aliphatic heterocycles. The van der Waals surface area contributed by atoms with Gasteiger partial charge in [-0.3, -0.25) is 9.69 Å². The molecule has 7 N–H and O–H groups in total. The zero-order chi connectivity index (χ0) is 40.9. The van der Waals surface area contributed by atoms with Crippen molar-refractivity contribution >= 4 is 44.2 Å². The predicted octanol–water partition coefficient (Wildman–Crippen LogP) is 7.31. The Balaban J connectivity index is 0.891. The van der Waals surface area contributed by atoms with Crippen molar-refractivity contribution in [1.29, 1.82) is 0 Å². The lowest BCUT2D eigenvalue weighted by Gasteiger charge is -2.56. The average molecular weight is 818 g/mol. The lowest BCUT2D eigenvalue weighted by Crippen LogP contribution is -2.55. The highest BCUT2D eigenvalue weighted by atomic mass is 32.2. The molecule has 2 aliphatic carbocycles. The second-order valence-corrected chi connectivity index (χ2v) is 19.3. The molecule has 14 heteroatoms. The zero-order valence-electron chi connectivity index (χ0n) is 33.9. The van der Waals surface area contributed by atoms with E-state index in [0.717, 1.165) is 44.2 Å². The van der Waals surface area contributed by atoms with Gasteiger partial charge in [0.25, 0.3) is 15.9 Å². The zero-order valence-corrected chi connectivity index (χ0v) is 34.7. The topological polar surface area (TPSA) is 185 Å². The molecule has 4 aliphatic rings. The van der Waals surface area contributed by atoms with Gasteiger partial charge in [-0.25, -0.2) is 23.1 Å². The Morgan fingerprint density at radius 3 is 2.58 bits per heavy atom. The first-order valence-electron chi connectivity index (χ1n) is 21.1. The first-order chi connectivity index (χ1) is 28.4. The summed E-state index contributed by atoms with van der Waals surface area (Å²) in [5.74, 6) is 1.35. The molecule has 13 nitrogen and oxygen atoms in total. The summed E-state index contributed by atoms with van der Waals surface area (Å²) >= 11 is 0. The molecule has 5 heterocycles. The number of rotatable bonds is 12. The number of piperidine rings is 1. The second kappa shape index (κ2) is 15.8. The number of fused-ring (bicyclic) bond motifs is 1. The number of likely N-dealkylation sites (tertiary alicyclic amines) is 1. The smallest absolute Gasteiger partial charge is 0.270 e. The summed E-state index contributed by atoms with van der Waals surface area (Å²) < 4.78 is 35.7. The Labute approximate surface area is 346 Å². The molecule has 4 fully saturated rings. The molecule has 1 spiro atoms. The van der Waals surface area contributed by atoms with Gasteiger partial charge in [-0.2, -0.15) is 0 Å². The van der Waals surface area contributed by atoms with Gasteiger partial charge in [0, 0.05) is 61.6 Å². The number of nitrogen functional groups attached to an aromatic ring is 1. The fourth-order valence-corrected chi connectivity index (χ4v) is 11.0. The summed E-state index contributed by atoms with van der Waals surface area (Å²) in [7, 11) is -4.30. The Bertz CT molecular complexity index is 2450. The number of carbonyl (C=O) groups is 1. The van der Waals surface area contributed by atoms with E-state index >= 15 is 0 Å². The third-order valence-corrected chi connectivity index (χ3v) is 14.7. The number of carbonyl (C=O) groups excluding carboxylic acids is 1. The van der Waals surface area contributed by atoms with Crippen LogP contribution in [0.1, 0.15) is 98.7 Å². The van der Waals surface area contributed by atoms with Gasteiger partial charge in [0.05, 0.1) is 22.5 Å². The number of nitrogens with one attached hydrogen (secondary N) is 3. The summed E-state index contributed by atoms with van der Waals surface area (Å²) in [5.41, 5.74) is 17.0. The quantitative estimate of drug-likeness (QED) is 0.0796. The Kier molecular flexibility index (Phi) is 10.5. The number of nitrogens with zero attached hydrogens (tertiary/aromatic N) is 4. The Morgan fingerprint density at radius 1 is 1.02 bits per heavy atom. The van der Waals surface area contributed by atoms with Crippen LogP contribution in [0, 0.1) is 11.3 Å². The van der Waals surface area contributed by atoms with Crippen molar-refractivity contribution in [2.75, 3.05) is 42.1 Å². The molecular weight excluding hydrogens is 763 g/mol. The SMILES string of the molecule is CC(C)c1ccccc1[C@@H]1CCCN1C1CC2(CCN(c3cc(Oc4cnc5[nH]ccc5c4)c(C(=O)NS(=O)(=O)c4ccc(NC[C@H]5C[C@H](N)C5)c(N)c4)cn3)CC2)C1. The molecule has 1 atom stereocenters. The normalized spacial score (nSPS) is 22.0. The van der Waals surface area contributed by atoms with E-state index in [0.29, 0.717) is 58.8 Å². The Hall–Kier alpha value is -5.18. The maximum atomic E-state index is 13.8. The van der Waals surface area contributed by atoms with Crippen LogP contribution in [0.15, 0.2) is 84.1 Å². The largest absolute Gasteiger partial charge is 0.455 e. The summed E-state index contributed by atoms with van der Waals surface area (Å²) in [6.45, 7) is 8.12. The van der Waals surface area contributed by atoms with Crippen LogP contribution in [0.4, 0.5) is 17.2 Å². The molecule has 0 unspecified atom stereocenters. The number of aromatic nitrogens is 3. The van der Waals surface area contributed by atoms with Gasteiger partial charge < -0.3 is 31.4 Å². The highest BCUT2D eigenvalue weighted by molar-refractivity contribution is 7.90. The van der Waals surface area contributed by atoms with E-state index in [4.69, 9.17) is 21.2 Å².